The van der Waals surface area contributed by atoms with Crippen LogP contribution in [0.15, 0.2) is 65.1 Å². The molecule has 2 unspecified atom stereocenters. The molecule has 2 aliphatic heterocycles. The highest BCUT2D eigenvalue weighted by Crippen LogP contribution is 2.39. The Morgan fingerprint density at radius 3 is 2.37 bits per heavy atom. The van der Waals surface area contributed by atoms with Crippen LogP contribution in [0.5, 0.6) is 11.5 Å². The SMILES string of the molecule is CCC1CC(=C2CCN(c3ncnc4c3C=C(c3ccc(F)cc3)CCC4)CC2)N=C(c2ccc(OC)c(OC)c2)C1C. The van der Waals surface area contributed by atoms with E-state index in [0.29, 0.717) is 11.8 Å². The number of benzene rings is 2. The number of fused-ring (bicyclic) bond motifs is 1. The van der Waals surface area contributed by atoms with Gasteiger partial charge in [-0.05, 0) is 97.6 Å². The maximum absolute atomic E-state index is 13.6. The molecule has 0 N–H and O–H groups in total. The maximum Gasteiger partial charge on any atom is 0.161 e. The van der Waals surface area contributed by atoms with E-state index >= 15 is 0 Å². The second kappa shape index (κ2) is 12.7. The molecular formula is C36H41FN4O2. The van der Waals surface area contributed by atoms with Gasteiger partial charge in [-0.3, -0.25) is 4.99 Å². The molecule has 1 aromatic heterocycles. The van der Waals surface area contributed by atoms with E-state index in [1.54, 1.807) is 20.5 Å². The molecule has 7 heteroatoms. The quantitative estimate of drug-likeness (QED) is 0.296. The fourth-order valence-corrected chi connectivity index (χ4v) is 6.87. The van der Waals surface area contributed by atoms with Crippen molar-refractivity contribution < 1.29 is 13.9 Å². The number of piperidine rings is 1. The summed E-state index contributed by atoms with van der Waals surface area (Å²) in [6.07, 6.45) is 10.9. The Labute approximate surface area is 254 Å². The number of aromatic nitrogens is 2. The van der Waals surface area contributed by atoms with Crippen molar-refractivity contribution in [3.8, 4) is 11.5 Å². The third-order valence-electron chi connectivity index (χ3n) is 9.47. The van der Waals surface area contributed by atoms with Crippen LogP contribution < -0.4 is 14.4 Å². The van der Waals surface area contributed by atoms with Gasteiger partial charge in [-0.2, -0.15) is 0 Å². The molecule has 2 atom stereocenters. The Morgan fingerprint density at radius 1 is 0.907 bits per heavy atom. The highest BCUT2D eigenvalue weighted by atomic mass is 19.1. The molecule has 1 fully saturated rings. The zero-order valence-corrected chi connectivity index (χ0v) is 25.7. The van der Waals surface area contributed by atoms with E-state index in [4.69, 9.17) is 19.5 Å². The second-order valence-corrected chi connectivity index (χ2v) is 11.9. The average Bonchev–Trinajstić information content (AvgIpc) is 3.28. The Morgan fingerprint density at radius 2 is 1.65 bits per heavy atom. The maximum atomic E-state index is 13.6. The first-order chi connectivity index (χ1) is 21.0. The second-order valence-electron chi connectivity index (χ2n) is 11.9. The minimum atomic E-state index is -0.210. The van der Waals surface area contributed by atoms with E-state index in [1.807, 2.05) is 18.2 Å². The number of allylic oxidation sites excluding steroid dienone is 2. The van der Waals surface area contributed by atoms with Gasteiger partial charge in [-0.1, -0.05) is 32.4 Å². The predicted molar refractivity (Wildman–Crippen MR) is 171 cm³/mol. The number of aliphatic imine (C=N–C) groups is 1. The molecule has 6 nitrogen and oxygen atoms in total. The summed E-state index contributed by atoms with van der Waals surface area (Å²) in [6.45, 7) is 6.39. The van der Waals surface area contributed by atoms with Gasteiger partial charge in [0.2, 0.25) is 0 Å². The fourth-order valence-electron chi connectivity index (χ4n) is 6.87. The van der Waals surface area contributed by atoms with Crippen LogP contribution in [0.3, 0.4) is 0 Å². The van der Waals surface area contributed by atoms with Crippen LogP contribution in [0.25, 0.3) is 11.6 Å². The van der Waals surface area contributed by atoms with Gasteiger partial charge in [0.25, 0.3) is 0 Å². The standard InChI is InChI=1S/C36H41FN4O2/c1-5-24-20-32(40-35(23(24)2)28-11-14-33(42-3)34(21-28)43-4)26-15-17-41(18-16-26)36-30-19-27(25-9-12-29(37)13-10-25)7-6-8-31(30)38-22-39-36/h9-14,19,21-24H,5-8,15-18,20H2,1-4H3. The zero-order valence-electron chi connectivity index (χ0n) is 25.7. The summed E-state index contributed by atoms with van der Waals surface area (Å²) in [6, 6.07) is 13.0. The number of hydrogen-bond acceptors (Lipinski definition) is 6. The van der Waals surface area contributed by atoms with Crippen LogP contribution >= 0.6 is 0 Å². The topological polar surface area (TPSA) is 59.8 Å². The summed E-state index contributed by atoms with van der Waals surface area (Å²) >= 11 is 0. The molecule has 43 heavy (non-hydrogen) atoms. The first-order valence-electron chi connectivity index (χ1n) is 15.6. The molecule has 0 spiro atoms. The smallest absolute Gasteiger partial charge is 0.161 e. The lowest BCUT2D eigenvalue weighted by molar-refractivity contribution is 0.354. The number of ether oxygens (including phenoxy) is 2. The van der Waals surface area contributed by atoms with Crippen LogP contribution in [-0.4, -0.2) is 43.0 Å². The normalized spacial score (nSPS) is 20.6. The van der Waals surface area contributed by atoms with Gasteiger partial charge >= 0.3 is 0 Å². The van der Waals surface area contributed by atoms with E-state index < -0.39 is 0 Å². The largest absolute Gasteiger partial charge is 0.493 e. The van der Waals surface area contributed by atoms with E-state index in [2.05, 4.69) is 41.9 Å². The molecule has 0 amide bonds. The van der Waals surface area contributed by atoms with Crippen LogP contribution in [-0.2, 0) is 6.42 Å². The number of nitrogens with zero attached hydrogens (tertiary/aromatic N) is 4. The van der Waals surface area contributed by atoms with Crippen molar-refractivity contribution >= 4 is 23.2 Å². The lowest BCUT2D eigenvalue weighted by atomic mass is 9.78. The van der Waals surface area contributed by atoms with E-state index in [0.717, 1.165) is 103 Å². The van der Waals surface area contributed by atoms with Crippen LogP contribution in [0.1, 0.15) is 74.8 Å². The van der Waals surface area contributed by atoms with Crippen LogP contribution in [0.4, 0.5) is 10.2 Å². The molecule has 2 aromatic carbocycles. The molecule has 3 aromatic rings. The van der Waals surface area contributed by atoms with Gasteiger partial charge < -0.3 is 14.4 Å². The molecule has 0 bridgehead atoms. The summed E-state index contributed by atoms with van der Waals surface area (Å²) < 4.78 is 24.7. The van der Waals surface area contributed by atoms with Crippen molar-refractivity contribution in [3.63, 3.8) is 0 Å². The molecule has 224 valence electrons. The molecular weight excluding hydrogens is 539 g/mol. The van der Waals surface area contributed by atoms with E-state index in [1.165, 1.54) is 29.0 Å². The van der Waals surface area contributed by atoms with Crippen molar-refractivity contribution in [3.05, 3.63) is 88.3 Å². The van der Waals surface area contributed by atoms with E-state index in [-0.39, 0.29) is 5.82 Å². The molecule has 0 radical (unpaired) electrons. The van der Waals surface area contributed by atoms with Crippen molar-refractivity contribution in [2.75, 3.05) is 32.2 Å². The fraction of sp³-hybridized carbons (Fsp3) is 0.417. The van der Waals surface area contributed by atoms with Gasteiger partial charge in [0.15, 0.2) is 11.5 Å². The summed E-state index contributed by atoms with van der Waals surface area (Å²) in [5.41, 5.74) is 9.46. The summed E-state index contributed by atoms with van der Waals surface area (Å²) in [4.78, 5) is 17.2. The predicted octanol–water partition coefficient (Wildman–Crippen LogP) is 7.92. The van der Waals surface area contributed by atoms with Crippen molar-refractivity contribution in [2.45, 2.75) is 58.8 Å². The minimum Gasteiger partial charge on any atom is -0.493 e. The van der Waals surface area contributed by atoms with Gasteiger partial charge in [-0.25, -0.2) is 14.4 Å². The number of hydrogen-bond donors (Lipinski definition) is 0. The Kier molecular flexibility index (Phi) is 8.59. The van der Waals surface area contributed by atoms with Gasteiger partial charge in [0.05, 0.1) is 25.6 Å². The van der Waals surface area contributed by atoms with E-state index in [9.17, 15) is 4.39 Å². The Balaban J connectivity index is 1.28. The number of aryl methyl sites for hydroxylation is 1. The van der Waals surface area contributed by atoms with Gasteiger partial charge in [-0.15, -0.1) is 0 Å². The van der Waals surface area contributed by atoms with Crippen molar-refractivity contribution in [1.29, 1.82) is 0 Å². The Hall–Kier alpha value is -4.00. The molecule has 1 aliphatic carbocycles. The molecule has 6 rings (SSSR count). The lowest BCUT2D eigenvalue weighted by Gasteiger charge is -2.35. The third kappa shape index (κ3) is 5.95. The number of rotatable bonds is 6. The number of anilines is 1. The van der Waals surface area contributed by atoms with Crippen LogP contribution in [0.2, 0.25) is 0 Å². The lowest BCUT2D eigenvalue weighted by Crippen LogP contribution is -2.33. The van der Waals surface area contributed by atoms with Gasteiger partial charge in [0, 0.05) is 35.8 Å². The van der Waals surface area contributed by atoms with Crippen LogP contribution in [0, 0.1) is 17.7 Å². The molecule has 1 saturated heterocycles. The first kappa shape index (κ1) is 29.1. The van der Waals surface area contributed by atoms with Gasteiger partial charge in [0.1, 0.15) is 18.0 Å². The zero-order chi connectivity index (χ0) is 29.9. The molecule has 0 saturated carbocycles. The third-order valence-corrected chi connectivity index (χ3v) is 9.47. The number of methoxy groups -OCH3 is 2. The highest BCUT2D eigenvalue weighted by molar-refractivity contribution is 6.04. The first-order valence-corrected chi connectivity index (χ1v) is 15.6. The average molecular weight is 581 g/mol. The monoisotopic (exact) mass is 580 g/mol. The minimum absolute atomic E-state index is 0.210. The number of halogens is 1. The summed E-state index contributed by atoms with van der Waals surface area (Å²) in [5.74, 6) is 3.18. The summed E-state index contributed by atoms with van der Waals surface area (Å²) in [7, 11) is 3.35. The summed E-state index contributed by atoms with van der Waals surface area (Å²) in [5, 5.41) is 0. The van der Waals surface area contributed by atoms with Crippen molar-refractivity contribution in [2.24, 2.45) is 16.8 Å². The molecule has 3 aliphatic rings. The Bertz CT molecular complexity index is 1570. The molecule has 3 heterocycles. The van der Waals surface area contributed by atoms with Crippen molar-refractivity contribution in [1.82, 2.24) is 9.97 Å². The highest BCUT2D eigenvalue weighted by Gasteiger charge is 2.31.